The van der Waals surface area contributed by atoms with E-state index in [-0.39, 0.29) is 12.5 Å². The van der Waals surface area contributed by atoms with Crippen molar-refractivity contribution in [3.63, 3.8) is 0 Å². The molecule has 0 aromatic heterocycles. The van der Waals surface area contributed by atoms with E-state index in [9.17, 15) is 45.6 Å². The molecule has 2 aliphatic rings. The number of nitrogens with one attached hydrogen (secondary N) is 1. The average molecular weight is 1100 g/mol. The maximum absolute atomic E-state index is 13.3. The number of rotatable bonds is 53. The lowest BCUT2D eigenvalue weighted by Crippen LogP contribution is -2.65. The summed E-state index contributed by atoms with van der Waals surface area (Å²) in [7, 11) is 0. The van der Waals surface area contributed by atoms with Crippen molar-refractivity contribution in [3.8, 4) is 0 Å². The van der Waals surface area contributed by atoms with Gasteiger partial charge in [0.05, 0.1) is 32.0 Å². The fourth-order valence-electron chi connectivity index (χ4n) is 11.0. The number of carbonyl (C=O) groups excluding carboxylic acids is 1. The molecule has 2 aliphatic heterocycles. The first-order valence-electron chi connectivity index (χ1n) is 32.4. The number of aliphatic hydroxyl groups excluding tert-OH is 8. The Balaban J connectivity index is 1.71. The molecular weight excluding hydrogens is 979 g/mol. The molecule has 14 nitrogen and oxygen atoms in total. The van der Waals surface area contributed by atoms with Gasteiger partial charge in [0.15, 0.2) is 12.6 Å². The van der Waals surface area contributed by atoms with Gasteiger partial charge in [-0.2, -0.15) is 0 Å². The molecule has 9 N–H and O–H groups in total. The molecular formula is C63H121NO13. The summed E-state index contributed by atoms with van der Waals surface area (Å²) in [6, 6.07) is -0.826. The molecule has 2 saturated heterocycles. The van der Waals surface area contributed by atoms with Crippen LogP contribution >= 0.6 is 0 Å². The van der Waals surface area contributed by atoms with Gasteiger partial charge in [0, 0.05) is 6.42 Å². The molecule has 77 heavy (non-hydrogen) atoms. The van der Waals surface area contributed by atoms with Crippen LogP contribution in [0.1, 0.15) is 290 Å². The lowest BCUT2D eigenvalue weighted by atomic mass is 9.97. The number of ether oxygens (including phenoxy) is 4. The van der Waals surface area contributed by atoms with Crippen LogP contribution in [-0.4, -0.2) is 140 Å². The van der Waals surface area contributed by atoms with Crippen LogP contribution in [0.15, 0.2) is 12.2 Å². The van der Waals surface area contributed by atoms with E-state index < -0.39 is 86.8 Å². The number of carbonyl (C=O) groups is 1. The third-order valence-corrected chi connectivity index (χ3v) is 16.2. The molecule has 14 heteroatoms. The van der Waals surface area contributed by atoms with Gasteiger partial charge in [-0.3, -0.25) is 4.79 Å². The van der Waals surface area contributed by atoms with Gasteiger partial charge in [-0.15, -0.1) is 0 Å². The molecule has 12 atom stereocenters. The van der Waals surface area contributed by atoms with Crippen LogP contribution in [0.3, 0.4) is 0 Å². The fourth-order valence-corrected chi connectivity index (χ4v) is 11.0. The number of hydrogen-bond acceptors (Lipinski definition) is 13. The highest BCUT2D eigenvalue weighted by Crippen LogP contribution is 2.30. The van der Waals surface area contributed by atoms with Crippen molar-refractivity contribution in [1.82, 2.24) is 5.32 Å². The Morgan fingerprint density at radius 1 is 0.455 bits per heavy atom. The summed E-state index contributed by atoms with van der Waals surface area (Å²) in [4.78, 5) is 13.3. The molecule has 1 amide bonds. The largest absolute Gasteiger partial charge is 0.394 e. The Kier molecular flexibility index (Phi) is 46.0. The Morgan fingerprint density at radius 2 is 0.818 bits per heavy atom. The maximum atomic E-state index is 13.3. The zero-order valence-corrected chi connectivity index (χ0v) is 49.2. The minimum Gasteiger partial charge on any atom is -0.394 e. The molecule has 0 saturated carbocycles. The quantitative estimate of drug-likeness (QED) is 0.0204. The summed E-state index contributed by atoms with van der Waals surface area (Å²) in [5, 5.41) is 87.4. The fraction of sp³-hybridized carbons (Fsp3) is 0.952. The van der Waals surface area contributed by atoms with Gasteiger partial charge < -0.3 is 65.1 Å². The van der Waals surface area contributed by atoms with E-state index in [0.29, 0.717) is 12.8 Å². The van der Waals surface area contributed by atoms with Gasteiger partial charge >= 0.3 is 0 Å². The Bertz CT molecular complexity index is 1340. The maximum Gasteiger partial charge on any atom is 0.220 e. The van der Waals surface area contributed by atoms with Crippen LogP contribution < -0.4 is 5.32 Å². The molecule has 0 radical (unpaired) electrons. The van der Waals surface area contributed by atoms with Crippen LogP contribution in [0, 0.1) is 0 Å². The first kappa shape index (κ1) is 71.8. The second-order valence-corrected chi connectivity index (χ2v) is 23.2. The SMILES string of the molecule is CCCCCCCCCC/C=C\CCCCCCCCCCCCCC(=O)NC(COC1OC(CO)C(OC2OC(CO)C(O)C(O)C2O)C(O)C1O)C(O)CCCCCCCCCCCCCCCCCCCCCC. The Labute approximate surface area is 469 Å². The highest BCUT2D eigenvalue weighted by molar-refractivity contribution is 5.76. The Morgan fingerprint density at radius 3 is 1.23 bits per heavy atom. The van der Waals surface area contributed by atoms with Gasteiger partial charge in [0.2, 0.25) is 5.91 Å². The summed E-state index contributed by atoms with van der Waals surface area (Å²) in [5.74, 6) is -0.202. The van der Waals surface area contributed by atoms with Crippen molar-refractivity contribution in [2.45, 2.75) is 364 Å². The highest BCUT2D eigenvalue weighted by atomic mass is 16.7. The first-order chi connectivity index (χ1) is 37.6. The molecule has 0 bridgehead atoms. The lowest BCUT2D eigenvalue weighted by Gasteiger charge is -2.46. The second-order valence-electron chi connectivity index (χ2n) is 23.2. The molecule has 0 spiro atoms. The minimum absolute atomic E-state index is 0.202. The standard InChI is InChI=1S/C63H121NO13/c1-3-5-7-9-11-13-15-17-19-21-23-25-26-27-29-31-33-35-37-39-41-43-45-47-55(68)64-51(52(67)46-44-42-40-38-36-34-32-30-28-24-22-20-18-16-14-12-10-8-6-4-2)50-74-62-60(73)58(71)61(54(49-66)76-62)77-63-59(72)57(70)56(69)53(48-65)75-63/h21,23,51-54,56-63,65-67,69-73H,3-20,22,24-50H2,1-2H3,(H,64,68)/b23-21-. The third-order valence-electron chi connectivity index (χ3n) is 16.2. The van der Waals surface area contributed by atoms with Gasteiger partial charge in [0.1, 0.15) is 48.8 Å². The Hall–Kier alpha value is -1.27. The topological polar surface area (TPSA) is 228 Å². The van der Waals surface area contributed by atoms with Crippen LogP contribution in [0.2, 0.25) is 0 Å². The number of hydrogen-bond donors (Lipinski definition) is 9. The van der Waals surface area contributed by atoms with Crippen molar-refractivity contribution in [1.29, 1.82) is 0 Å². The van der Waals surface area contributed by atoms with E-state index in [4.69, 9.17) is 18.9 Å². The van der Waals surface area contributed by atoms with E-state index in [2.05, 4.69) is 31.3 Å². The molecule has 456 valence electrons. The van der Waals surface area contributed by atoms with E-state index in [1.165, 1.54) is 212 Å². The zero-order chi connectivity index (χ0) is 56.0. The number of aliphatic hydroxyl groups is 8. The van der Waals surface area contributed by atoms with E-state index in [0.717, 1.165) is 51.4 Å². The van der Waals surface area contributed by atoms with Gasteiger partial charge in [-0.1, -0.05) is 257 Å². The van der Waals surface area contributed by atoms with Crippen LogP contribution in [-0.2, 0) is 23.7 Å². The monoisotopic (exact) mass is 1100 g/mol. The summed E-state index contributed by atoms with van der Waals surface area (Å²) in [6.07, 6.45) is 40.7. The molecule has 2 fully saturated rings. The van der Waals surface area contributed by atoms with E-state index >= 15 is 0 Å². The van der Waals surface area contributed by atoms with Crippen molar-refractivity contribution in [2.75, 3.05) is 19.8 Å². The molecule has 0 aliphatic carbocycles. The van der Waals surface area contributed by atoms with E-state index in [1.807, 2.05) is 0 Å². The first-order valence-corrected chi connectivity index (χ1v) is 32.4. The summed E-state index contributed by atoms with van der Waals surface area (Å²) in [6.45, 7) is 2.90. The van der Waals surface area contributed by atoms with E-state index in [1.54, 1.807) is 0 Å². The van der Waals surface area contributed by atoms with Crippen molar-refractivity contribution in [3.05, 3.63) is 12.2 Å². The molecule has 0 aromatic rings. The summed E-state index contributed by atoms with van der Waals surface area (Å²) in [5.41, 5.74) is 0. The number of unbranched alkanes of at least 4 members (excludes halogenated alkanes) is 38. The molecule has 0 aromatic carbocycles. The zero-order valence-electron chi connectivity index (χ0n) is 49.2. The minimum atomic E-state index is -1.78. The van der Waals surface area contributed by atoms with Crippen molar-refractivity contribution in [2.24, 2.45) is 0 Å². The summed E-state index contributed by atoms with van der Waals surface area (Å²) < 4.78 is 22.9. The van der Waals surface area contributed by atoms with Crippen LogP contribution in [0.5, 0.6) is 0 Å². The van der Waals surface area contributed by atoms with Crippen LogP contribution in [0.4, 0.5) is 0 Å². The highest BCUT2D eigenvalue weighted by Gasteiger charge is 2.51. The van der Waals surface area contributed by atoms with Gasteiger partial charge in [-0.25, -0.2) is 0 Å². The third kappa shape index (κ3) is 34.7. The lowest BCUT2D eigenvalue weighted by molar-refractivity contribution is -0.359. The molecule has 2 heterocycles. The van der Waals surface area contributed by atoms with Crippen molar-refractivity contribution >= 4 is 5.91 Å². The van der Waals surface area contributed by atoms with Crippen molar-refractivity contribution < 1.29 is 64.6 Å². The normalized spacial score (nSPS) is 24.7. The van der Waals surface area contributed by atoms with Gasteiger partial charge in [0.25, 0.3) is 0 Å². The molecule has 12 unspecified atom stereocenters. The second kappa shape index (κ2) is 49.3. The van der Waals surface area contributed by atoms with Gasteiger partial charge in [-0.05, 0) is 38.5 Å². The smallest absolute Gasteiger partial charge is 0.220 e. The summed E-state index contributed by atoms with van der Waals surface area (Å²) >= 11 is 0. The number of allylic oxidation sites excluding steroid dienone is 2. The predicted octanol–water partition coefficient (Wildman–Crippen LogP) is 11.8. The average Bonchev–Trinajstić information content (AvgIpc) is 3.44. The van der Waals surface area contributed by atoms with Crippen LogP contribution in [0.25, 0.3) is 0 Å². The predicted molar refractivity (Wildman–Crippen MR) is 309 cm³/mol. The number of amides is 1. The molecule has 2 rings (SSSR count).